The fourth-order valence-electron chi connectivity index (χ4n) is 4.67. The molecule has 0 bridgehead atoms. The number of esters is 1. The Morgan fingerprint density at radius 3 is 2.34 bits per heavy atom. The highest BCUT2D eigenvalue weighted by Gasteiger charge is 2.29. The van der Waals surface area contributed by atoms with Crippen LogP contribution in [0.3, 0.4) is 0 Å². The van der Waals surface area contributed by atoms with Gasteiger partial charge >= 0.3 is 5.97 Å². The Morgan fingerprint density at radius 1 is 1.07 bits per heavy atom. The maximum atomic E-state index is 13.0. The van der Waals surface area contributed by atoms with Crippen LogP contribution >= 0.6 is 0 Å². The molecule has 7 nitrogen and oxygen atoms in total. The summed E-state index contributed by atoms with van der Waals surface area (Å²) < 4.78 is 4.82. The van der Waals surface area contributed by atoms with Gasteiger partial charge in [0.15, 0.2) is 0 Å². The van der Waals surface area contributed by atoms with Crippen LogP contribution < -0.4 is 5.32 Å². The number of ether oxygens (including phenoxy) is 1. The molecule has 3 rings (SSSR count). The number of H-pyrrole nitrogens is 1. The Morgan fingerprint density at radius 2 is 1.72 bits per heavy atom. The molecule has 160 valence electrons. The van der Waals surface area contributed by atoms with Crippen molar-refractivity contribution >= 4 is 17.8 Å². The summed E-state index contributed by atoms with van der Waals surface area (Å²) in [4.78, 5) is 42.1. The number of nitrogens with one attached hydrogen (secondary N) is 2. The van der Waals surface area contributed by atoms with Crippen LogP contribution in [0.25, 0.3) is 0 Å². The van der Waals surface area contributed by atoms with Gasteiger partial charge in [-0.15, -0.1) is 0 Å². The van der Waals surface area contributed by atoms with E-state index in [4.69, 9.17) is 4.74 Å². The first kappa shape index (κ1) is 21.4. The number of methoxy groups -OCH3 is 1. The molecule has 0 aromatic carbocycles. The van der Waals surface area contributed by atoms with Crippen molar-refractivity contribution in [3.63, 3.8) is 0 Å². The molecule has 0 spiro atoms. The van der Waals surface area contributed by atoms with Gasteiger partial charge in [0, 0.05) is 31.2 Å². The summed E-state index contributed by atoms with van der Waals surface area (Å²) in [7, 11) is 1.34. The molecule has 1 saturated carbocycles. The van der Waals surface area contributed by atoms with E-state index in [-0.39, 0.29) is 11.8 Å². The number of piperidine rings is 1. The number of aromatic nitrogens is 1. The number of nitrogens with zero attached hydrogens (tertiary/aromatic N) is 1. The highest BCUT2D eigenvalue weighted by molar-refractivity contribution is 6.00. The highest BCUT2D eigenvalue weighted by atomic mass is 16.5. The predicted molar refractivity (Wildman–Crippen MR) is 110 cm³/mol. The van der Waals surface area contributed by atoms with Crippen molar-refractivity contribution in [2.24, 2.45) is 5.92 Å². The van der Waals surface area contributed by atoms with E-state index in [9.17, 15) is 14.4 Å². The van der Waals surface area contributed by atoms with Crippen LogP contribution in [0.1, 0.15) is 83.5 Å². The van der Waals surface area contributed by atoms with E-state index >= 15 is 0 Å². The monoisotopic (exact) mass is 403 g/mol. The molecule has 1 aliphatic carbocycles. The molecule has 1 aromatic rings. The van der Waals surface area contributed by atoms with Crippen LogP contribution in [-0.2, 0) is 9.53 Å². The zero-order chi connectivity index (χ0) is 21.0. The van der Waals surface area contributed by atoms with Gasteiger partial charge in [0.2, 0.25) is 5.91 Å². The van der Waals surface area contributed by atoms with Crippen LogP contribution in [0.15, 0.2) is 0 Å². The second kappa shape index (κ2) is 9.46. The number of likely N-dealkylation sites (tertiary alicyclic amines) is 1. The summed E-state index contributed by atoms with van der Waals surface area (Å²) in [6.07, 6.45) is 8.09. The molecule has 0 unspecified atom stereocenters. The second-order valence-electron chi connectivity index (χ2n) is 8.46. The van der Waals surface area contributed by atoms with Crippen molar-refractivity contribution in [1.29, 1.82) is 0 Å². The predicted octanol–water partition coefficient (Wildman–Crippen LogP) is 3.11. The van der Waals surface area contributed by atoms with Crippen molar-refractivity contribution in [3.05, 3.63) is 22.5 Å². The molecule has 1 saturated heterocycles. The Hall–Kier alpha value is -2.31. The molecule has 0 radical (unpaired) electrons. The van der Waals surface area contributed by atoms with E-state index < -0.39 is 5.97 Å². The molecule has 1 aromatic heterocycles. The third-order valence-electron chi connectivity index (χ3n) is 6.39. The second-order valence-corrected chi connectivity index (χ2v) is 8.46. The Labute approximate surface area is 172 Å². The zero-order valence-corrected chi connectivity index (χ0v) is 17.8. The number of hydrogen-bond donors (Lipinski definition) is 2. The first-order chi connectivity index (χ1) is 13.9. The van der Waals surface area contributed by atoms with Gasteiger partial charge in [0.1, 0.15) is 5.69 Å². The lowest BCUT2D eigenvalue weighted by Gasteiger charge is -2.32. The fraction of sp³-hybridized carbons (Fsp3) is 0.682. The molecule has 1 aliphatic heterocycles. The van der Waals surface area contributed by atoms with Crippen LogP contribution in [0.2, 0.25) is 0 Å². The van der Waals surface area contributed by atoms with Gasteiger partial charge in [-0.3, -0.25) is 9.59 Å². The molecule has 2 fully saturated rings. The van der Waals surface area contributed by atoms with Gasteiger partial charge < -0.3 is 19.9 Å². The van der Waals surface area contributed by atoms with Crippen LogP contribution in [0.4, 0.5) is 0 Å². The van der Waals surface area contributed by atoms with Crippen LogP contribution in [0.5, 0.6) is 0 Å². The summed E-state index contributed by atoms with van der Waals surface area (Å²) >= 11 is 0. The number of hydrogen-bond acceptors (Lipinski definition) is 4. The van der Waals surface area contributed by atoms with E-state index in [2.05, 4.69) is 10.3 Å². The summed E-state index contributed by atoms with van der Waals surface area (Å²) in [6.45, 7) is 4.80. The molecule has 0 atom stereocenters. The average molecular weight is 404 g/mol. The molecular formula is C22H33N3O4. The minimum Gasteiger partial charge on any atom is -0.465 e. The zero-order valence-electron chi connectivity index (χ0n) is 17.8. The topological polar surface area (TPSA) is 91.5 Å². The minimum atomic E-state index is -0.432. The van der Waals surface area contributed by atoms with E-state index in [1.807, 2.05) is 4.90 Å². The molecular weight excluding hydrogens is 370 g/mol. The SMILES string of the molecule is COC(=O)c1c(C)[nH]c(C(=O)N2CCC(CC(=O)NC3CCCCC3)CC2)c1C. The first-order valence-corrected chi connectivity index (χ1v) is 10.8. The summed E-state index contributed by atoms with van der Waals surface area (Å²) in [5, 5.41) is 3.19. The Balaban J connectivity index is 1.52. The molecule has 2 heterocycles. The lowest BCUT2D eigenvalue weighted by atomic mass is 9.91. The summed E-state index contributed by atoms with van der Waals surface area (Å²) in [5.41, 5.74) is 2.17. The summed E-state index contributed by atoms with van der Waals surface area (Å²) in [6, 6.07) is 0.348. The average Bonchev–Trinajstić information content (AvgIpc) is 3.02. The lowest BCUT2D eigenvalue weighted by molar-refractivity contribution is -0.123. The maximum absolute atomic E-state index is 13.0. The van der Waals surface area contributed by atoms with Crippen molar-refractivity contribution in [2.75, 3.05) is 20.2 Å². The van der Waals surface area contributed by atoms with Gasteiger partial charge in [-0.1, -0.05) is 19.3 Å². The standard InChI is InChI=1S/C22H33N3O4/c1-14-19(22(28)29-3)15(2)23-20(14)21(27)25-11-9-16(10-12-25)13-18(26)24-17-7-5-4-6-8-17/h16-17,23H,4-13H2,1-3H3,(H,24,26). The van der Waals surface area contributed by atoms with E-state index in [0.717, 1.165) is 25.7 Å². The Bertz CT molecular complexity index is 756. The number of aryl methyl sites for hydroxylation is 1. The van der Waals surface area contributed by atoms with Gasteiger partial charge in [-0.2, -0.15) is 0 Å². The molecule has 7 heteroatoms. The fourth-order valence-corrected chi connectivity index (χ4v) is 4.67. The number of amides is 2. The molecule has 2 aliphatic rings. The van der Waals surface area contributed by atoms with Gasteiger partial charge in [0.05, 0.1) is 12.7 Å². The first-order valence-electron chi connectivity index (χ1n) is 10.8. The normalized spacial score (nSPS) is 18.5. The van der Waals surface area contributed by atoms with Crippen molar-refractivity contribution in [3.8, 4) is 0 Å². The van der Waals surface area contributed by atoms with Crippen molar-refractivity contribution in [1.82, 2.24) is 15.2 Å². The van der Waals surface area contributed by atoms with E-state index in [1.54, 1.807) is 13.8 Å². The Kier molecular flexibility index (Phi) is 6.98. The smallest absolute Gasteiger partial charge is 0.339 e. The highest BCUT2D eigenvalue weighted by Crippen LogP contribution is 2.25. The number of rotatable bonds is 5. The molecule has 2 N–H and O–H groups in total. The van der Waals surface area contributed by atoms with Crippen LogP contribution in [-0.4, -0.2) is 53.9 Å². The van der Waals surface area contributed by atoms with Gasteiger partial charge in [-0.05, 0) is 51.0 Å². The number of carbonyl (C=O) groups excluding carboxylic acids is 3. The van der Waals surface area contributed by atoms with Crippen LogP contribution in [0, 0.1) is 19.8 Å². The van der Waals surface area contributed by atoms with Crippen molar-refractivity contribution < 1.29 is 19.1 Å². The minimum absolute atomic E-state index is 0.0918. The van der Waals surface area contributed by atoms with Gasteiger partial charge in [-0.25, -0.2) is 4.79 Å². The number of aromatic amines is 1. The lowest BCUT2D eigenvalue weighted by Crippen LogP contribution is -2.41. The van der Waals surface area contributed by atoms with Gasteiger partial charge in [0.25, 0.3) is 5.91 Å². The number of carbonyl (C=O) groups is 3. The quantitative estimate of drug-likeness (QED) is 0.739. The summed E-state index contributed by atoms with van der Waals surface area (Å²) in [5.74, 6) is -0.0520. The van der Waals surface area contributed by atoms with E-state index in [1.165, 1.54) is 26.4 Å². The third-order valence-corrected chi connectivity index (χ3v) is 6.39. The maximum Gasteiger partial charge on any atom is 0.339 e. The van der Waals surface area contributed by atoms with Crippen molar-refractivity contribution in [2.45, 2.75) is 71.3 Å². The molecule has 29 heavy (non-hydrogen) atoms. The van der Waals surface area contributed by atoms with E-state index in [0.29, 0.717) is 54.0 Å². The third kappa shape index (κ3) is 5.00. The molecule has 2 amide bonds. The largest absolute Gasteiger partial charge is 0.465 e.